The zero-order chi connectivity index (χ0) is 14.2. The summed E-state index contributed by atoms with van der Waals surface area (Å²) in [4.78, 5) is 0. The number of hydrogen-bond donors (Lipinski definition) is 1. The lowest BCUT2D eigenvalue weighted by Crippen LogP contribution is -2.26. The average molecular weight is 324 g/mol. The summed E-state index contributed by atoms with van der Waals surface area (Å²) in [6.45, 7) is 12.5. The summed E-state index contributed by atoms with van der Waals surface area (Å²) >= 11 is 3.64. The van der Waals surface area contributed by atoms with Crippen LogP contribution in [0.25, 0.3) is 0 Å². The molecule has 2 unspecified atom stereocenters. The molecule has 2 heteroatoms. The molecule has 0 bridgehead atoms. The van der Waals surface area contributed by atoms with E-state index in [2.05, 4.69) is 68.0 Å². The third-order valence-electron chi connectivity index (χ3n) is 4.49. The van der Waals surface area contributed by atoms with Crippen LogP contribution in [0.5, 0.6) is 0 Å². The van der Waals surface area contributed by atoms with Gasteiger partial charge in [-0.15, -0.1) is 0 Å². The van der Waals surface area contributed by atoms with Gasteiger partial charge in [-0.1, -0.05) is 42.8 Å². The standard InChI is InChI=1S/C17H26BrN/c1-6-7-19-16(14-10-17(14,4)5)13-8-12(3)15(18)9-11(13)2/h8-9,14,16,19H,6-7,10H2,1-5H3. The predicted octanol–water partition coefficient (Wildman–Crippen LogP) is 5.15. The smallest absolute Gasteiger partial charge is 0.0356 e. The molecule has 0 heterocycles. The highest BCUT2D eigenvalue weighted by molar-refractivity contribution is 9.10. The van der Waals surface area contributed by atoms with Gasteiger partial charge >= 0.3 is 0 Å². The summed E-state index contributed by atoms with van der Waals surface area (Å²) in [6.07, 6.45) is 2.53. The molecule has 1 saturated carbocycles. The van der Waals surface area contributed by atoms with Crippen LogP contribution in [-0.2, 0) is 0 Å². The number of halogens is 1. The maximum Gasteiger partial charge on any atom is 0.0356 e. The number of nitrogens with one attached hydrogen (secondary N) is 1. The van der Waals surface area contributed by atoms with Crippen LogP contribution in [0.1, 0.15) is 56.3 Å². The van der Waals surface area contributed by atoms with E-state index in [1.54, 1.807) is 0 Å². The first-order chi connectivity index (χ1) is 8.86. The SMILES string of the molecule is CCCNC(c1cc(C)c(Br)cc1C)C1CC1(C)C. The van der Waals surface area contributed by atoms with Crippen LogP contribution in [-0.4, -0.2) is 6.54 Å². The summed E-state index contributed by atoms with van der Waals surface area (Å²) in [7, 11) is 0. The first-order valence-electron chi connectivity index (χ1n) is 7.37. The molecule has 1 nitrogen and oxygen atoms in total. The maximum atomic E-state index is 3.78. The topological polar surface area (TPSA) is 12.0 Å². The first-order valence-corrected chi connectivity index (χ1v) is 8.16. The molecule has 1 aromatic carbocycles. The fourth-order valence-electron chi connectivity index (χ4n) is 2.98. The lowest BCUT2D eigenvalue weighted by molar-refractivity contribution is 0.414. The lowest BCUT2D eigenvalue weighted by atomic mass is 9.92. The van der Waals surface area contributed by atoms with Crippen LogP contribution in [0.3, 0.4) is 0 Å². The van der Waals surface area contributed by atoms with Crippen molar-refractivity contribution in [3.63, 3.8) is 0 Å². The molecule has 1 aliphatic rings. The van der Waals surface area contributed by atoms with Gasteiger partial charge in [0.1, 0.15) is 0 Å². The Morgan fingerprint density at radius 3 is 2.47 bits per heavy atom. The second-order valence-electron chi connectivity index (χ2n) is 6.69. The second kappa shape index (κ2) is 5.57. The molecule has 106 valence electrons. The van der Waals surface area contributed by atoms with Crippen molar-refractivity contribution in [2.75, 3.05) is 6.54 Å². The van der Waals surface area contributed by atoms with E-state index in [1.165, 1.54) is 34.0 Å². The molecule has 0 spiro atoms. The number of rotatable bonds is 5. The van der Waals surface area contributed by atoms with Crippen LogP contribution in [0, 0.1) is 25.2 Å². The monoisotopic (exact) mass is 323 g/mol. The summed E-state index contributed by atoms with van der Waals surface area (Å²) in [5, 5.41) is 3.78. The Balaban J connectivity index is 2.30. The van der Waals surface area contributed by atoms with E-state index in [-0.39, 0.29) is 0 Å². The van der Waals surface area contributed by atoms with Gasteiger partial charge in [0.25, 0.3) is 0 Å². The minimum absolute atomic E-state index is 0.499. The molecule has 0 aliphatic heterocycles. The number of benzene rings is 1. The molecule has 1 aliphatic carbocycles. The third-order valence-corrected chi connectivity index (χ3v) is 5.34. The van der Waals surface area contributed by atoms with Gasteiger partial charge in [0, 0.05) is 10.5 Å². The molecule has 0 aromatic heterocycles. The van der Waals surface area contributed by atoms with Crippen LogP contribution in [0.15, 0.2) is 16.6 Å². The minimum atomic E-state index is 0.499. The predicted molar refractivity (Wildman–Crippen MR) is 86.5 cm³/mol. The molecule has 2 atom stereocenters. The van der Waals surface area contributed by atoms with Crippen LogP contribution in [0.2, 0.25) is 0 Å². The molecule has 1 fully saturated rings. The summed E-state index contributed by atoms with van der Waals surface area (Å²) in [5.74, 6) is 0.776. The Kier molecular flexibility index (Phi) is 4.42. The van der Waals surface area contributed by atoms with E-state index in [4.69, 9.17) is 0 Å². The van der Waals surface area contributed by atoms with Crippen molar-refractivity contribution >= 4 is 15.9 Å². The van der Waals surface area contributed by atoms with E-state index in [9.17, 15) is 0 Å². The summed E-state index contributed by atoms with van der Waals surface area (Å²) in [5.41, 5.74) is 4.72. The van der Waals surface area contributed by atoms with Gasteiger partial charge in [0.15, 0.2) is 0 Å². The van der Waals surface area contributed by atoms with Gasteiger partial charge in [-0.2, -0.15) is 0 Å². The van der Waals surface area contributed by atoms with Gasteiger partial charge in [-0.05, 0) is 67.3 Å². The zero-order valence-electron chi connectivity index (χ0n) is 12.8. The van der Waals surface area contributed by atoms with E-state index in [0.29, 0.717) is 11.5 Å². The minimum Gasteiger partial charge on any atom is -0.310 e. The van der Waals surface area contributed by atoms with Crippen molar-refractivity contribution in [3.05, 3.63) is 33.3 Å². The van der Waals surface area contributed by atoms with Gasteiger partial charge in [-0.25, -0.2) is 0 Å². The highest BCUT2D eigenvalue weighted by atomic mass is 79.9. The molecule has 2 rings (SSSR count). The number of aryl methyl sites for hydroxylation is 2. The largest absolute Gasteiger partial charge is 0.310 e. The van der Waals surface area contributed by atoms with E-state index in [0.717, 1.165) is 12.5 Å². The van der Waals surface area contributed by atoms with Crippen molar-refractivity contribution in [3.8, 4) is 0 Å². The molecule has 19 heavy (non-hydrogen) atoms. The molecular weight excluding hydrogens is 298 g/mol. The van der Waals surface area contributed by atoms with E-state index >= 15 is 0 Å². The molecule has 0 radical (unpaired) electrons. The average Bonchev–Trinajstić information content (AvgIpc) is 2.95. The fraction of sp³-hybridized carbons (Fsp3) is 0.647. The second-order valence-corrected chi connectivity index (χ2v) is 7.54. The highest BCUT2D eigenvalue weighted by Gasteiger charge is 2.50. The molecule has 1 N–H and O–H groups in total. The Hall–Kier alpha value is -0.340. The highest BCUT2D eigenvalue weighted by Crippen LogP contribution is 2.58. The Labute approximate surface area is 126 Å². The first kappa shape index (κ1) is 15.1. The quantitative estimate of drug-likeness (QED) is 0.789. The van der Waals surface area contributed by atoms with Crippen LogP contribution >= 0.6 is 15.9 Å². The Bertz CT molecular complexity index is 465. The van der Waals surface area contributed by atoms with Gasteiger partial charge < -0.3 is 5.32 Å². The maximum absolute atomic E-state index is 3.78. The normalized spacial score (nSPS) is 22.3. The fourth-order valence-corrected chi connectivity index (χ4v) is 3.44. The Morgan fingerprint density at radius 2 is 1.95 bits per heavy atom. The van der Waals surface area contributed by atoms with E-state index in [1.807, 2.05) is 0 Å². The van der Waals surface area contributed by atoms with Crippen LogP contribution in [0.4, 0.5) is 0 Å². The Morgan fingerprint density at radius 1 is 1.32 bits per heavy atom. The van der Waals surface area contributed by atoms with Crippen molar-refractivity contribution in [1.82, 2.24) is 5.32 Å². The zero-order valence-corrected chi connectivity index (χ0v) is 14.4. The van der Waals surface area contributed by atoms with Crippen molar-refractivity contribution < 1.29 is 0 Å². The van der Waals surface area contributed by atoms with Crippen molar-refractivity contribution in [2.45, 2.75) is 53.5 Å². The lowest BCUT2D eigenvalue weighted by Gasteiger charge is -2.23. The number of hydrogen-bond acceptors (Lipinski definition) is 1. The van der Waals surface area contributed by atoms with E-state index < -0.39 is 0 Å². The van der Waals surface area contributed by atoms with Crippen molar-refractivity contribution in [1.29, 1.82) is 0 Å². The van der Waals surface area contributed by atoms with Crippen LogP contribution < -0.4 is 5.32 Å². The van der Waals surface area contributed by atoms with Gasteiger partial charge in [0.2, 0.25) is 0 Å². The van der Waals surface area contributed by atoms with Gasteiger partial charge in [-0.3, -0.25) is 0 Å². The third kappa shape index (κ3) is 3.22. The van der Waals surface area contributed by atoms with Gasteiger partial charge in [0.05, 0.1) is 0 Å². The molecule has 0 amide bonds. The summed E-state index contributed by atoms with van der Waals surface area (Å²) in [6, 6.07) is 5.14. The molecular formula is C17H26BrN. The molecule has 0 saturated heterocycles. The van der Waals surface area contributed by atoms with Crippen molar-refractivity contribution in [2.24, 2.45) is 11.3 Å². The summed E-state index contributed by atoms with van der Waals surface area (Å²) < 4.78 is 1.22. The molecule has 1 aromatic rings.